The van der Waals surface area contributed by atoms with Crippen LogP contribution in [0.1, 0.15) is 325 Å². The molecule has 0 aromatic carbocycles. The van der Waals surface area contributed by atoms with E-state index in [-0.39, 0.29) is 25.7 Å². The van der Waals surface area contributed by atoms with Crippen molar-refractivity contribution in [1.82, 2.24) is 0 Å². The molecule has 0 aliphatic rings. The fourth-order valence-corrected chi connectivity index (χ4v) is 11.5. The molecule has 0 spiro atoms. The van der Waals surface area contributed by atoms with E-state index in [1.807, 2.05) is 0 Å². The number of rotatable bonds is 64. The highest BCUT2D eigenvalue weighted by atomic mass is 31.2. The standard InChI is InChI=1S/C67H130O17P2/c1-9-60(8)46-38-30-21-16-17-23-34-42-50-67(72)84-63(54-78-65(70)48-40-32-26-25-29-37-45-59(6)7)56-82-86(75,76)80-52-61(68)51-79-85(73,74)81-55-62(53-77-64(69)47-39-31-24-18-20-28-36-44-58(4)5)83-66(71)49-41-33-22-15-13-11-10-12-14-19-27-35-43-57(2)3/h57-63,68H,9-56H2,1-8H3,(H,73,74)(H,75,76)/t60?,61?,62-,63-/m1/s1. The Morgan fingerprint density at radius 1 is 0.326 bits per heavy atom. The first kappa shape index (κ1) is 84.1. The Hall–Kier alpha value is -1.94. The molecular formula is C67H130O17P2. The topological polar surface area (TPSA) is 237 Å². The van der Waals surface area contributed by atoms with Crippen LogP contribution in [0.4, 0.5) is 0 Å². The minimum atomic E-state index is -4.95. The second-order valence-corrected chi connectivity index (χ2v) is 28.8. The monoisotopic (exact) mass is 1270 g/mol. The van der Waals surface area contributed by atoms with E-state index in [2.05, 4.69) is 55.4 Å². The minimum Gasteiger partial charge on any atom is -0.462 e. The van der Waals surface area contributed by atoms with Gasteiger partial charge in [-0.15, -0.1) is 0 Å². The van der Waals surface area contributed by atoms with Gasteiger partial charge in [0.05, 0.1) is 26.4 Å². The zero-order valence-corrected chi connectivity index (χ0v) is 57.7. The molecule has 86 heavy (non-hydrogen) atoms. The molecule has 19 heteroatoms. The van der Waals surface area contributed by atoms with E-state index in [0.29, 0.717) is 37.5 Å². The van der Waals surface area contributed by atoms with Gasteiger partial charge in [-0.25, -0.2) is 9.13 Å². The lowest BCUT2D eigenvalue weighted by Gasteiger charge is -2.21. The van der Waals surface area contributed by atoms with Gasteiger partial charge >= 0.3 is 39.5 Å². The van der Waals surface area contributed by atoms with E-state index >= 15 is 0 Å². The van der Waals surface area contributed by atoms with Crippen LogP contribution >= 0.6 is 15.6 Å². The minimum absolute atomic E-state index is 0.103. The highest BCUT2D eigenvalue weighted by molar-refractivity contribution is 7.47. The van der Waals surface area contributed by atoms with Crippen molar-refractivity contribution in [3.05, 3.63) is 0 Å². The van der Waals surface area contributed by atoms with Crippen LogP contribution in [0, 0.1) is 23.7 Å². The van der Waals surface area contributed by atoms with Gasteiger partial charge in [0.25, 0.3) is 0 Å². The number of aliphatic hydroxyl groups excluding tert-OH is 1. The summed E-state index contributed by atoms with van der Waals surface area (Å²) in [5.41, 5.74) is 0. The molecular weight excluding hydrogens is 1140 g/mol. The van der Waals surface area contributed by atoms with Crippen LogP contribution in [0.15, 0.2) is 0 Å². The number of phosphoric acid groups is 2. The molecule has 17 nitrogen and oxygen atoms in total. The smallest absolute Gasteiger partial charge is 0.462 e. The molecule has 0 fully saturated rings. The van der Waals surface area contributed by atoms with Crippen molar-refractivity contribution in [3.8, 4) is 0 Å². The van der Waals surface area contributed by atoms with E-state index in [9.17, 15) is 43.2 Å². The summed E-state index contributed by atoms with van der Waals surface area (Å²) >= 11 is 0. The van der Waals surface area contributed by atoms with E-state index in [0.717, 1.165) is 115 Å². The Kier molecular flexibility index (Phi) is 55.7. The quantitative estimate of drug-likeness (QED) is 0.0222. The van der Waals surface area contributed by atoms with Gasteiger partial charge < -0.3 is 33.8 Å². The molecule has 0 bridgehead atoms. The van der Waals surface area contributed by atoms with Gasteiger partial charge in [-0.1, -0.05) is 274 Å². The number of unbranched alkanes of at least 4 members (excludes halogenated alkanes) is 29. The first-order chi connectivity index (χ1) is 41.1. The molecule has 0 heterocycles. The van der Waals surface area contributed by atoms with Gasteiger partial charge in [0.15, 0.2) is 12.2 Å². The van der Waals surface area contributed by atoms with Crippen molar-refractivity contribution in [3.63, 3.8) is 0 Å². The summed E-state index contributed by atoms with van der Waals surface area (Å²) in [6.07, 6.45) is 37.7. The Bertz CT molecular complexity index is 1720. The van der Waals surface area contributed by atoms with Gasteiger partial charge in [-0.3, -0.25) is 37.3 Å². The van der Waals surface area contributed by atoms with Gasteiger partial charge in [-0.05, 0) is 49.4 Å². The Labute approximate surface area is 524 Å². The van der Waals surface area contributed by atoms with Crippen molar-refractivity contribution in [2.75, 3.05) is 39.6 Å². The largest absolute Gasteiger partial charge is 0.472 e. The lowest BCUT2D eigenvalue weighted by molar-refractivity contribution is -0.161. The molecule has 0 saturated heterocycles. The number of hydrogen-bond donors (Lipinski definition) is 3. The maximum absolute atomic E-state index is 13.0. The van der Waals surface area contributed by atoms with Gasteiger partial charge in [-0.2, -0.15) is 0 Å². The summed E-state index contributed by atoms with van der Waals surface area (Å²) < 4.78 is 68.1. The molecule has 3 N–H and O–H groups in total. The molecule has 0 aromatic heterocycles. The molecule has 0 aromatic rings. The second kappa shape index (κ2) is 57.0. The number of hydrogen-bond acceptors (Lipinski definition) is 15. The third kappa shape index (κ3) is 59.7. The average Bonchev–Trinajstić information content (AvgIpc) is 3.66. The van der Waals surface area contributed by atoms with Crippen LogP contribution in [0.2, 0.25) is 0 Å². The summed E-state index contributed by atoms with van der Waals surface area (Å²) in [6, 6.07) is 0. The van der Waals surface area contributed by atoms with Crippen LogP contribution in [-0.2, 0) is 65.4 Å². The summed E-state index contributed by atoms with van der Waals surface area (Å²) in [5, 5.41) is 10.6. The first-order valence-corrected chi connectivity index (χ1v) is 37.7. The lowest BCUT2D eigenvalue weighted by Crippen LogP contribution is -2.30. The van der Waals surface area contributed by atoms with Crippen molar-refractivity contribution in [2.45, 2.75) is 343 Å². The highest BCUT2D eigenvalue weighted by Gasteiger charge is 2.30. The second-order valence-electron chi connectivity index (χ2n) is 25.9. The molecule has 6 atom stereocenters. The summed E-state index contributed by atoms with van der Waals surface area (Å²) in [5.74, 6) is 0.793. The van der Waals surface area contributed by atoms with Crippen LogP contribution in [0.3, 0.4) is 0 Å². The Morgan fingerprint density at radius 2 is 0.558 bits per heavy atom. The van der Waals surface area contributed by atoms with E-state index in [1.165, 1.54) is 116 Å². The van der Waals surface area contributed by atoms with E-state index in [4.69, 9.17) is 37.0 Å². The van der Waals surface area contributed by atoms with Gasteiger partial charge in [0, 0.05) is 25.7 Å². The SMILES string of the molecule is CCC(C)CCCCCCCCCCC(=O)O[C@H](COC(=O)CCCCCCCCC(C)C)COP(=O)(O)OCC(O)COP(=O)(O)OC[C@@H](COC(=O)CCCCCCCCCC(C)C)OC(=O)CCCCCCCCCCCCCCC(C)C. The summed E-state index contributed by atoms with van der Waals surface area (Å²) in [6.45, 7) is 14.0. The van der Waals surface area contributed by atoms with Crippen molar-refractivity contribution >= 4 is 39.5 Å². The van der Waals surface area contributed by atoms with Crippen LogP contribution < -0.4 is 0 Å². The van der Waals surface area contributed by atoms with Crippen LogP contribution in [0.5, 0.6) is 0 Å². The molecule has 0 amide bonds. The number of aliphatic hydroxyl groups is 1. The third-order valence-electron chi connectivity index (χ3n) is 15.7. The molecule has 4 unspecified atom stereocenters. The zero-order valence-electron chi connectivity index (χ0n) is 55.9. The Balaban J connectivity index is 5.25. The fraction of sp³-hybridized carbons (Fsp3) is 0.940. The zero-order chi connectivity index (χ0) is 63.9. The normalized spacial score (nSPS) is 14.7. The van der Waals surface area contributed by atoms with Crippen LogP contribution in [0.25, 0.3) is 0 Å². The lowest BCUT2D eigenvalue weighted by atomic mass is 9.99. The highest BCUT2D eigenvalue weighted by Crippen LogP contribution is 2.45. The third-order valence-corrected chi connectivity index (χ3v) is 17.6. The van der Waals surface area contributed by atoms with E-state index < -0.39 is 97.5 Å². The molecule has 0 rings (SSSR count). The summed E-state index contributed by atoms with van der Waals surface area (Å²) in [4.78, 5) is 72.3. The molecule has 0 aliphatic carbocycles. The molecule has 0 saturated carbocycles. The maximum atomic E-state index is 13.0. The van der Waals surface area contributed by atoms with E-state index in [1.54, 1.807) is 0 Å². The Morgan fingerprint density at radius 3 is 0.826 bits per heavy atom. The average molecular weight is 1270 g/mol. The van der Waals surface area contributed by atoms with Crippen molar-refractivity contribution in [2.24, 2.45) is 23.7 Å². The predicted molar refractivity (Wildman–Crippen MR) is 344 cm³/mol. The van der Waals surface area contributed by atoms with Crippen LogP contribution in [-0.4, -0.2) is 96.7 Å². The number of esters is 4. The predicted octanol–water partition coefficient (Wildman–Crippen LogP) is 18.5. The molecule has 0 radical (unpaired) electrons. The number of ether oxygens (including phenoxy) is 4. The van der Waals surface area contributed by atoms with Crippen molar-refractivity contribution < 1.29 is 80.2 Å². The van der Waals surface area contributed by atoms with Crippen molar-refractivity contribution in [1.29, 1.82) is 0 Å². The van der Waals surface area contributed by atoms with Gasteiger partial charge in [0.1, 0.15) is 19.3 Å². The number of carbonyl (C=O) groups is 4. The first-order valence-electron chi connectivity index (χ1n) is 34.7. The summed E-state index contributed by atoms with van der Waals surface area (Å²) in [7, 11) is -9.90. The molecule has 0 aliphatic heterocycles. The molecule has 510 valence electrons. The number of carbonyl (C=O) groups excluding carboxylic acids is 4. The van der Waals surface area contributed by atoms with Gasteiger partial charge in [0.2, 0.25) is 0 Å². The fourth-order valence-electron chi connectivity index (χ4n) is 9.93. The number of phosphoric ester groups is 2. The maximum Gasteiger partial charge on any atom is 0.472 e.